The third kappa shape index (κ3) is 3.69. The summed E-state index contributed by atoms with van der Waals surface area (Å²) in [6, 6.07) is 1.08. The second-order valence-corrected chi connectivity index (χ2v) is 5.26. The normalized spacial score (nSPS) is 19.6. The number of rotatable bonds is 5. The van der Waals surface area contributed by atoms with E-state index < -0.39 is 29.5 Å². The standard InChI is InChI=1S/C14H15F3N2O3/c1-19(3-2-12(20)21)14(22)18-11-6-8(11)7-4-9(15)13(17)10(16)5-7/h4-5,8,11H,2-3,6H2,1H3,(H,18,22)(H,20,21)/t8-,11+/m0/s1. The molecule has 8 heteroatoms. The molecule has 0 aliphatic heterocycles. The minimum absolute atomic E-state index is 0.0539. The number of carboxylic acid groups (broad SMARTS) is 1. The molecule has 1 fully saturated rings. The van der Waals surface area contributed by atoms with Crippen LogP contribution in [0.1, 0.15) is 24.3 Å². The Bertz CT molecular complexity index is 586. The molecule has 2 atom stereocenters. The van der Waals surface area contributed by atoms with Crippen molar-refractivity contribution in [2.24, 2.45) is 0 Å². The van der Waals surface area contributed by atoms with Crippen LogP contribution in [0, 0.1) is 17.5 Å². The van der Waals surface area contributed by atoms with Crippen molar-refractivity contribution in [1.82, 2.24) is 10.2 Å². The molecule has 0 aromatic heterocycles. The number of amides is 2. The van der Waals surface area contributed by atoms with Gasteiger partial charge in [-0.05, 0) is 24.1 Å². The van der Waals surface area contributed by atoms with Crippen LogP contribution < -0.4 is 5.32 Å². The van der Waals surface area contributed by atoms with Gasteiger partial charge in [-0.25, -0.2) is 18.0 Å². The Hall–Kier alpha value is -2.25. The summed E-state index contributed by atoms with van der Waals surface area (Å²) in [5.41, 5.74) is 0.287. The van der Waals surface area contributed by atoms with Gasteiger partial charge < -0.3 is 15.3 Å². The van der Waals surface area contributed by atoms with Crippen molar-refractivity contribution < 1.29 is 27.9 Å². The number of aliphatic carboxylic acids is 1. The number of halogens is 3. The number of hydrogen-bond donors (Lipinski definition) is 2. The van der Waals surface area contributed by atoms with Gasteiger partial charge in [-0.3, -0.25) is 4.79 Å². The molecule has 120 valence electrons. The SMILES string of the molecule is CN(CCC(=O)O)C(=O)N[C@@H]1C[C@H]1c1cc(F)c(F)c(F)c1. The maximum absolute atomic E-state index is 13.2. The molecule has 2 N–H and O–H groups in total. The van der Waals surface area contributed by atoms with Crippen molar-refractivity contribution in [2.75, 3.05) is 13.6 Å². The summed E-state index contributed by atoms with van der Waals surface area (Å²) in [6.45, 7) is 0.0539. The number of hydrogen-bond acceptors (Lipinski definition) is 2. The van der Waals surface area contributed by atoms with Crippen molar-refractivity contribution in [3.05, 3.63) is 35.1 Å². The molecule has 1 aromatic carbocycles. The van der Waals surface area contributed by atoms with Gasteiger partial charge in [0.1, 0.15) is 0 Å². The van der Waals surface area contributed by atoms with Gasteiger partial charge in [0.25, 0.3) is 0 Å². The van der Waals surface area contributed by atoms with Crippen LogP contribution in [0.2, 0.25) is 0 Å². The Labute approximate surface area is 124 Å². The van der Waals surface area contributed by atoms with E-state index in [2.05, 4.69) is 5.32 Å². The summed E-state index contributed by atoms with van der Waals surface area (Å²) < 4.78 is 39.2. The number of carbonyl (C=O) groups excluding carboxylic acids is 1. The van der Waals surface area contributed by atoms with Crippen LogP contribution in [0.4, 0.5) is 18.0 Å². The minimum atomic E-state index is -1.52. The zero-order valence-electron chi connectivity index (χ0n) is 11.8. The van der Waals surface area contributed by atoms with Gasteiger partial charge in [0.05, 0.1) is 6.42 Å². The fourth-order valence-corrected chi connectivity index (χ4v) is 2.15. The highest BCUT2D eigenvalue weighted by Crippen LogP contribution is 2.41. The second kappa shape index (κ2) is 6.25. The Morgan fingerprint density at radius 3 is 2.45 bits per heavy atom. The molecular formula is C14H15F3N2O3. The summed E-state index contributed by atoms with van der Waals surface area (Å²) >= 11 is 0. The summed E-state index contributed by atoms with van der Waals surface area (Å²) in [5, 5.41) is 11.2. The molecule has 0 heterocycles. The smallest absolute Gasteiger partial charge is 0.317 e. The van der Waals surface area contributed by atoms with E-state index in [1.807, 2.05) is 0 Å². The maximum Gasteiger partial charge on any atom is 0.317 e. The molecule has 5 nitrogen and oxygen atoms in total. The molecule has 1 aliphatic rings. The van der Waals surface area contributed by atoms with Crippen molar-refractivity contribution in [2.45, 2.75) is 24.8 Å². The lowest BCUT2D eigenvalue weighted by atomic mass is 10.1. The maximum atomic E-state index is 13.2. The summed E-state index contributed by atoms with van der Waals surface area (Å²) in [4.78, 5) is 23.4. The van der Waals surface area contributed by atoms with Crippen LogP contribution in [0.3, 0.4) is 0 Å². The molecule has 0 saturated heterocycles. The largest absolute Gasteiger partial charge is 0.481 e. The van der Waals surface area contributed by atoms with Crippen LogP contribution in [0.5, 0.6) is 0 Å². The molecule has 2 amide bonds. The van der Waals surface area contributed by atoms with E-state index in [0.29, 0.717) is 6.42 Å². The van der Waals surface area contributed by atoms with Crippen molar-refractivity contribution in [1.29, 1.82) is 0 Å². The molecule has 0 spiro atoms. The predicted molar refractivity (Wildman–Crippen MR) is 70.9 cm³/mol. The highest BCUT2D eigenvalue weighted by molar-refractivity contribution is 5.76. The first-order chi connectivity index (χ1) is 10.3. The first-order valence-electron chi connectivity index (χ1n) is 6.67. The van der Waals surface area contributed by atoms with Crippen LogP contribution in [0.15, 0.2) is 12.1 Å². The van der Waals surface area contributed by atoms with E-state index in [4.69, 9.17) is 5.11 Å². The number of urea groups is 1. The van der Waals surface area contributed by atoms with Crippen molar-refractivity contribution >= 4 is 12.0 Å². The van der Waals surface area contributed by atoms with Crippen LogP contribution >= 0.6 is 0 Å². The highest BCUT2D eigenvalue weighted by atomic mass is 19.2. The lowest BCUT2D eigenvalue weighted by molar-refractivity contribution is -0.137. The van der Waals surface area contributed by atoms with Gasteiger partial charge in [-0.2, -0.15) is 0 Å². The topological polar surface area (TPSA) is 69.6 Å². The third-order valence-corrected chi connectivity index (χ3v) is 3.54. The number of nitrogens with zero attached hydrogens (tertiary/aromatic N) is 1. The van der Waals surface area contributed by atoms with Gasteiger partial charge in [0.15, 0.2) is 17.5 Å². The average Bonchev–Trinajstić information content (AvgIpc) is 3.20. The Morgan fingerprint density at radius 1 is 1.32 bits per heavy atom. The van der Waals surface area contributed by atoms with E-state index >= 15 is 0 Å². The zero-order valence-corrected chi connectivity index (χ0v) is 11.8. The number of carbonyl (C=O) groups is 2. The summed E-state index contributed by atoms with van der Waals surface area (Å²) in [6.07, 6.45) is 0.315. The fourth-order valence-electron chi connectivity index (χ4n) is 2.15. The number of nitrogens with one attached hydrogen (secondary N) is 1. The van der Waals surface area contributed by atoms with Gasteiger partial charge in [-0.1, -0.05) is 0 Å². The monoisotopic (exact) mass is 316 g/mol. The van der Waals surface area contributed by atoms with Gasteiger partial charge in [0, 0.05) is 25.6 Å². The van der Waals surface area contributed by atoms with Gasteiger partial charge in [0.2, 0.25) is 0 Å². The van der Waals surface area contributed by atoms with E-state index in [-0.39, 0.29) is 30.5 Å². The van der Waals surface area contributed by atoms with Crippen LogP contribution in [-0.4, -0.2) is 41.6 Å². The van der Waals surface area contributed by atoms with Crippen LogP contribution in [-0.2, 0) is 4.79 Å². The second-order valence-electron chi connectivity index (χ2n) is 5.26. The van der Waals surface area contributed by atoms with Gasteiger partial charge >= 0.3 is 12.0 Å². The predicted octanol–water partition coefficient (Wildman–Crippen LogP) is 2.08. The lowest BCUT2D eigenvalue weighted by Gasteiger charge is -2.17. The molecular weight excluding hydrogens is 301 g/mol. The quantitative estimate of drug-likeness (QED) is 0.817. The molecule has 0 bridgehead atoms. The van der Waals surface area contributed by atoms with Crippen molar-refractivity contribution in [3.63, 3.8) is 0 Å². The Morgan fingerprint density at radius 2 is 1.91 bits per heavy atom. The molecule has 1 aliphatic carbocycles. The molecule has 22 heavy (non-hydrogen) atoms. The highest BCUT2D eigenvalue weighted by Gasteiger charge is 2.40. The van der Waals surface area contributed by atoms with E-state index in [1.54, 1.807) is 0 Å². The number of benzene rings is 1. The van der Waals surface area contributed by atoms with E-state index in [9.17, 15) is 22.8 Å². The van der Waals surface area contributed by atoms with Crippen LogP contribution in [0.25, 0.3) is 0 Å². The summed E-state index contributed by atoms with van der Waals surface area (Å²) in [7, 11) is 1.45. The third-order valence-electron chi connectivity index (χ3n) is 3.54. The first-order valence-corrected chi connectivity index (χ1v) is 6.67. The molecule has 1 saturated carbocycles. The zero-order chi connectivity index (χ0) is 16.4. The summed E-state index contributed by atoms with van der Waals surface area (Å²) in [5.74, 6) is -5.32. The minimum Gasteiger partial charge on any atom is -0.481 e. The number of carboxylic acids is 1. The van der Waals surface area contributed by atoms with E-state index in [0.717, 1.165) is 12.1 Å². The first kappa shape index (κ1) is 16.1. The molecule has 0 radical (unpaired) electrons. The molecule has 0 unspecified atom stereocenters. The lowest BCUT2D eigenvalue weighted by Crippen LogP contribution is -2.39. The van der Waals surface area contributed by atoms with Crippen molar-refractivity contribution in [3.8, 4) is 0 Å². The molecule has 2 rings (SSSR count). The average molecular weight is 316 g/mol. The Kier molecular flexibility index (Phi) is 4.58. The Balaban J connectivity index is 1.90. The van der Waals surface area contributed by atoms with E-state index in [1.165, 1.54) is 11.9 Å². The van der Waals surface area contributed by atoms with Gasteiger partial charge in [-0.15, -0.1) is 0 Å². The fraction of sp³-hybridized carbons (Fsp3) is 0.429. The molecule has 1 aromatic rings.